The fourth-order valence-corrected chi connectivity index (χ4v) is 1.62. The minimum Gasteiger partial charge on any atom is -0.419 e. The maximum absolute atomic E-state index is 5.83. The van der Waals surface area contributed by atoms with Crippen LogP contribution in [0.25, 0.3) is 11.5 Å². The number of nitrogens with zero attached hydrogens (tertiary/aromatic N) is 2. The predicted octanol–water partition coefficient (Wildman–Crippen LogP) is 3.80. The summed E-state index contributed by atoms with van der Waals surface area (Å²) in [5.74, 6) is 0.922. The smallest absolute Gasteiger partial charge is 0.247 e. The largest absolute Gasteiger partial charge is 0.419 e. The molecule has 0 saturated carbocycles. The molecule has 0 radical (unpaired) electrons. The lowest BCUT2D eigenvalue weighted by atomic mass is 10.2. The zero-order valence-corrected chi connectivity index (χ0v) is 10.3. The van der Waals surface area contributed by atoms with Gasteiger partial charge in [0.25, 0.3) is 0 Å². The highest BCUT2D eigenvalue weighted by Crippen LogP contribution is 2.25. The van der Waals surface area contributed by atoms with Gasteiger partial charge < -0.3 is 4.42 Å². The van der Waals surface area contributed by atoms with Crippen LogP contribution in [0.5, 0.6) is 0 Å². The van der Waals surface area contributed by atoms with Crippen molar-refractivity contribution in [1.82, 2.24) is 10.2 Å². The lowest BCUT2D eigenvalue weighted by Crippen LogP contribution is -1.81. The summed E-state index contributed by atoms with van der Waals surface area (Å²) in [4.78, 5) is 0. The summed E-state index contributed by atoms with van der Waals surface area (Å²) in [6.07, 6.45) is 0. The first-order valence-corrected chi connectivity index (χ1v) is 5.63. The molecule has 1 unspecified atom stereocenters. The van der Waals surface area contributed by atoms with E-state index in [9.17, 15) is 0 Å². The molecule has 2 aromatic rings. The van der Waals surface area contributed by atoms with E-state index in [1.54, 1.807) is 6.92 Å². The molecule has 0 saturated heterocycles. The van der Waals surface area contributed by atoms with E-state index in [-0.39, 0.29) is 5.38 Å². The standard InChI is InChI=1S/C10H8BrClN2O/c1-6(12)9-13-14-10(15-9)7-3-2-4-8(11)5-7/h2-6H,1H3. The number of hydrogen-bond acceptors (Lipinski definition) is 3. The Bertz CT molecular complexity index is 470. The number of hydrogen-bond donors (Lipinski definition) is 0. The molecule has 1 aromatic heterocycles. The number of alkyl halides is 1. The van der Waals surface area contributed by atoms with E-state index in [1.807, 2.05) is 24.3 Å². The van der Waals surface area contributed by atoms with Gasteiger partial charge in [-0.05, 0) is 25.1 Å². The summed E-state index contributed by atoms with van der Waals surface area (Å²) < 4.78 is 6.38. The number of benzene rings is 1. The molecule has 0 N–H and O–H groups in total. The van der Waals surface area contributed by atoms with E-state index < -0.39 is 0 Å². The third-order valence-corrected chi connectivity index (χ3v) is 2.53. The van der Waals surface area contributed by atoms with Crippen LogP contribution in [0, 0.1) is 0 Å². The lowest BCUT2D eigenvalue weighted by molar-refractivity contribution is 0.507. The average Bonchev–Trinajstić information content (AvgIpc) is 2.66. The molecule has 0 amide bonds. The molecular formula is C10H8BrClN2O. The van der Waals surface area contributed by atoms with Crippen LogP contribution in [-0.4, -0.2) is 10.2 Å². The highest BCUT2D eigenvalue weighted by molar-refractivity contribution is 9.10. The Kier molecular flexibility index (Phi) is 3.07. The van der Waals surface area contributed by atoms with Crippen LogP contribution in [0.3, 0.4) is 0 Å². The summed E-state index contributed by atoms with van der Waals surface area (Å²) in [6.45, 7) is 1.79. The van der Waals surface area contributed by atoms with Crippen molar-refractivity contribution in [3.05, 3.63) is 34.6 Å². The van der Waals surface area contributed by atoms with Gasteiger partial charge in [0.15, 0.2) is 0 Å². The summed E-state index contributed by atoms with van der Waals surface area (Å²) in [5, 5.41) is 7.52. The Balaban J connectivity index is 2.37. The second kappa shape index (κ2) is 4.33. The molecule has 0 bridgehead atoms. The second-order valence-corrected chi connectivity index (χ2v) is 4.64. The fourth-order valence-electron chi connectivity index (χ4n) is 1.13. The van der Waals surface area contributed by atoms with E-state index in [0.717, 1.165) is 10.0 Å². The van der Waals surface area contributed by atoms with E-state index in [0.29, 0.717) is 11.8 Å². The van der Waals surface area contributed by atoms with Gasteiger partial charge in [0.05, 0.1) is 0 Å². The van der Waals surface area contributed by atoms with Gasteiger partial charge in [-0.25, -0.2) is 0 Å². The van der Waals surface area contributed by atoms with Crippen LogP contribution in [0.2, 0.25) is 0 Å². The minimum absolute atomic E-state index is 0.265. The van der Waals surface area contributed by atoms with Gasteiger partial charge >= 0.3 is 0 Å². The van der Waals surface area contributed by atoms with Crippen molar-refractivity contribution in [1.29, 1.82) is 0 Å². The summed E-state index contributed by atoms with van der Waals surface area (Å²) >= 11 is 9.21. The first kappa shape index (κ1) is 10.6. The number of rotatable bonds is 2. The molecule has 3 nitrogen and oxygen atoms in total. The molecule has 0 aliphatic heterocycles. The molecule has 5 heteroatoms. The van der Waals surface area contributed by atoms with E-state index in [2.05, 4.69) is 26.1 Å². The quantitative estimate of drug-likeness (QED) is 0.789. The van der Waals surface area contributed by atoms with Crippen molar-refractivity contribution in [2.75, 3.05) is 0 Å². The minimum atomic E-state index is -0.265. The van der Waals surface area contributed by atoms with Crippen molar-refractivity contribution in [3.63, 3.8) is 0 Å². The van der Waals surface area contributed by atoms with Crippen LogP contribution in [-0.2, 0) is 0 Å². The first-order valence-electron chi connectivity index (χ1n) is 4.40. The SMILES string of the molecule is CC(Cl)c1nnc(-c2cccc(Br)c2)o1. The van der Waals surface area contributed by atoms with Crippen molar-refractivity contribution < 1.29 is 4.42 Å². The van der Waals surface area contributed by atoms with E-state index in [4.69, 9.17) is 16.0 Å². The zero-order chi connectivity index (χ0) is 10.8. The molecule has 78 valence electrons. The van der Waals surface area contributed by atoms with Gasteiger partial charge in [0.2, 0.25) is 11.8 Å². The van der Waals surface area contributed by atoms with Crippen LogP contribution >= 0.6 is 27.5 Å². The van der Waals surface area contributed by atoms with Crippen LogP contribution in [0.4, 0.5) is 0 Å². The normalized spacial score (nSPS) is 12.7. The Morgan fingerprint density at radius 1 is 1.40 bits per heavy atom. The van der Waals surface area contributed by atoms with Gasteiger partial charge in [0.1, 0.15) is 5.38 Å². The van der Waals surface area contributed by atoms with Gasteiger partial charge in [-0.1, -0.05) is 22.0 Å². The molecule has 0 spiro atoms. The molecule has 2 rings (SSSR count). The maximum atomic E-state index is 5.83. The molecular weight excluding hydrogens is 279 g/mol. The fraction of sp³-hybridized carbons (Fsp3) is 0.200. The van der Waals surface area contributed by atoms with Gasteiger partial charge in [-0.3, -0.25) is 0 Å². The Morgan fingerprint density at radius 3 is 2.80 bits per heavy atom. The van der Waals surface area contributed by atoms with Crippen LogP contribution in [0.15, 0.2) is 33.2 Å². The van der Waals surface area contributed by atoms with Gasteiger partial charge in [-0.15, -0.1) is 21.8 Å². The van der Waals surface area contributed by atoms with Crippen molar-refractivity contribution in [2.24, 2.45) is 0 Å². The second-order valence-electron chi connectivity index (χ2n) is 3.07. The van der Waals surface area contributed by atoms with Crippen LogP contribution < -0.4 is 0 Å². The third kappa shape index (κ3) is 2.38. The Labute approximate surface area is 101 Å². The van der Waals surface area contributed by atoms with Gasteiger partial charge in [-0.2, -0.15) is 0 Å². The Hall–Kier alpha value is -0.870. The molecule has 15 heavy (non-hydrogen) atoms. The zero-order valence-electron chi connectivity index (χ0n) is 7.95. The predicted molar refractivity (Wildman–Crippen MR) is 61.7 cm³/mol. The molecule has 1 heterocycles. The van der Waals surface area contributed by atoms with Crippen molar-refractivity contribution in [2.45, 2.75) is 12.3 Å². The first-order chi connectivity index (χ1) is 7.16. The summed E-state index contributed by atoms with van der Waals surface area (Å²) in [5.41, 5.74) is 0.875. The molecule has 0 aliphatic rings. The molecule has 1 atom stereocenters. The summed E-state index contributed by atoms with van der Waals surface area (Å²) in [6, 6.07) is 7.66. The maximum Gasteiger partial charge on any atom is 0.247 e. The topological polar surface area (TPSA) is 38.9 Å². The van der Waals surface area contributed by atoms with E-state index in [1.165, 1.54) is 0 Å². The average molecular weight is 288 g/mol. The van der Waals surface area contributed by atoms with Crippen molar-refractivity contribution in [3.8, 4) is 11.5 Å². The molecule has 0 fully saturated rings. The van der Waals surface area contributed by atoms with Crippen LogP contribution in [0.1, 0.15) is 18.2 Å². The third-order valence-electron chi connectivity index (χ3n) is 1.85. The Morgan fingerprint density at radius 2 is 2.20 bits per heavy atom. The van der Waals surface area contributed by atoms with Gasteiger partial charge in [0, 0.05) is 10.0 Å². The van der Waals surface area contributed by atoms with Crippen molar-refractivity contribution >= 4 is 27.5 Å². The lowest BCUT2D eigenvalue weighted by Gasteiger charge is -1.95. The summed E-state index contributed by atoms with van der Waals surface area (Å²) in [7, 11) is 0. The molecule has 0 aliphatic carbocycles. The highest BCUT2D eigenvalue weighted by Gasteiger charge is 2.12. The highest BCUT2D eigenvalue weighted by atomic mass is 79.9. The number of halogens is 2. The molecule has 1 aromatic carbocycles. The monoisotopic (exact) mass is 286 g/mol. The van der Waals surface area contributed by atoms with E-state index >= 15 is 0 Å². The number of aromatic nitrogens is 2.